The van der Waals surface area contributed by atoms with Crippen molar-refractivity contribution < 1.29 is 14.3 Å². The van der Waals surface area contributed by atoms with E-state index in [4.69, 9.17) is 4.74 Å². The lowest BCUT2D eigenvalue weighted by Crippen LogP contribution is -2.52. The zero-order chi connectivity index (χ0) is 18.8. The molecule has 2 aliphatic heterocycles. The van der Waals surface area contributed by atoms with Crippen LogP contribution in [0.15, 0.2) is 24.5 Å². The molecule has 8 heteroatoms. The maximum atomic E-state index is 12.6. The molecule has 3 amide bonds. The average Bonchev–Trinajstić information content (AvgIpc) is 3.08. The van der Waals surface area contributed by atoms with Gasteiger partial charge in [0.25, 0.3) is 5.91 Å². The molecule has 0 spiro atoms. The van der Waals surface area contributed by atoms with E-state index in [1.807, 2.05) is 39.6 Å². The van der Waals surface area contributed by atoms with E-state index in [2.05, 4.69) is 10.3 Å². The van der Waals surface area contributed by atoms with Crippen LogP contribution in [0.2, 0.25) is 0 Å². The molecule has 2 aromatic heterocycles. The van der Waals surface area contributed by atoms with Crippen LogP contribution in [-0.2, 0) is 4.74 Å². The molecule has 0 saturated carbocycles. The van der Waals surface area contributed by atoms with Gasteiger partial charge in [-0.3, -0.25) is 4.79 Å². The summed E-state index contributed by atoms with van der Waals surface area (Å²) < 4.78 is 7.17. The van der Waals surface area contributed by atoms with Crippen molar-refractivity contribution in [3.8, 4) is 0 Å². The van der Waals surface area contributed by atoms with Gasteiger partial charge in [-0.2, -0.15) is 0 Å². The Bertz CT molecular complexity index is 835. The Hall–Kier alpha value is -2.61. The molecule has 0 bridgehead atoms. The van der Waals surface area contributed by atoms with Gasteiger partial charge in [-0.05, 0) is 31.9 Å². The van der Waals surface area contributed by atoms with Crippen molar-refractivity contribution in [2.24, 2.45) is 0 Å². The number of aromatic nitrogens is 2. The number of hydrogen-bond acceptors (Lipinski definition) is 4. The lowest BCUT2D eigenvalue weighted by molar-refractivity contribution is 0.0407. The molecule has 4 heterocycles. The van der Waals surface area contributed by atoms with E-state index in [0.717, 1.165) is 24.2 Å². The Labute approximate surface area is 158 Å². The van der Waals surface area contributed by atoms with Crippen LogP contribution in [0.5, 0.6) is 0 Å². The summed E-state index contributed by atoms with van der Waals surface area (Å²) in [6.45, 7) is 5.80. The van der Waals surface area contributed by atoms with Gasteiger partial charge in [-0.25, -0.2) is 9.78 Å². The first kappa shape index (κ1) is 17.8. The molecule has 2 aromatic rings. The minimum absolute atomic E-state index is 0.0822. The molecule has 144 valence electrons. The van der Waals surface area contributed by atoms with Crippen LogP contribution in [0.1, 0.15) is 28.9 Å². The number of rotatable bonds is 2. The van der Waals surface area contributed by atoms with Gasteiger partial charge >= 0.3 is 6.03 Å². The van der Waals surface area contributed by atoms with Crippen molar-refractivity contribution in [2.75, 3.05) is 39.4 Å². The number of ether oxygens (including phenoxy) is 1. The quantitative estimate of drug-likeness (QED) is 0.863. The van der Waals surface area contributed by atoms with Gasteiger partial charge in [0, 0.05) is 44.6 Å². The van der Waals surface area contributed by atoms with Crippen LogP contribution in [0.3, 0.4) is 0 Å². The molecule has 4 rings (SSSR count). The second-order valence-corrected chi connectivity index (χ2v) is 7.18. The van der Waals surface area contributed by atoms with E-state index >= 15 is 0 Å². The van der Waals surface area contributed by atoms with E-state index in [0.29, 0.717) is 45.0 Å². The third kappa shape index (κ3) is 3.90. The zero-order valence-electron chi connectivity index (χ0n) is 15.6. The minimum Gasteiger partial charge on any atom is -0.378 e. The number of likely N-dealkylation sites (tertiary alicyclic amines) is 1. The van der Waals surface area contributed by atoms with Gasteiger partial charge in [-0.15, -0.1) is 0 Å². The van der Waals surface area contributed by atoms with Crippen LogP contribution < -0.4 is 5.32 Å². The number of urea groups is 1. The van der Waals surface area contributed by atoms with E-state index < -0.39 is 0 Å². The third-order valence-corrected chi connectivity index (χ3v) is 5.22. The minimum atomic E-state index is -0.0822. The monoisotopic (exact) mass is 371 g/mol. The Morgan fingerprint density at radius 1 is 1.07 bits per heavy atom. The SMILES string of the molecule is Cc1cn2cc(C(=O)NC3CCN(C(=O)N4CCOCC4)CC3)ccc2n1. The standard InChI is InChI=1S/C19H25N5O3/c1-14-12-24-13-15(2-3-17(24)20-14)18(25)21-16-4-6-22(7-5-16)19(26)23-8-10-27-11-9-23/h2-3,12-13,16H,4-11H2,1H3,(H,21,25). The smallest absolute Gasteiger partial charge is 0.320 e. The number of carbonyl (C=O) groups is 2. The second-order valence-electron chi connectivity index (χ2n) is 7.18. The molecule has 0 atom stereocenters. The largest absolute Gasteiger partial charge is 0.378 e. The lowest BCUT2D eigenvalue weighted by Gasteiger charge is -2.37. The van der Waals surface area contributed by atoms with Crippen molar-refractivity contribution in [2.45, 2.75) is 25.8 Å². The highest BCUT2D eigenvalue weighted by Gasteiger charge is 2.28. The Morgan fingerprint density at radius 2 is 1.78 bits per heavy atom. The molecule has 0 unspecified atom stereocenters. The highest BCUT2D eigenvalue weighted by molar-refractivity contribution is 5.94. The first-order chi connectivity index (χ1) is 13.1. The fourth-order valence-electron chi connectivity index (χ4n) is 3.69. The second kappa shape index (κ2) is 7.56. The van der Waals surface area contributed by atoms with E-state index in [1.54, 1.807) is 6.07 Å². The molecule has 0 radical (unpaired) electrons. The fourth-order valence-corrected chi connectivity index (χ4v) is 3.69. The average molecular weight is 371 g/mol. The van der Waals surface area contributed by atoms with Crippen LogP contribution in [-0.4, -0.2) is 76.6 Å². The molecule has 0 aliphatic carbocycles. The van der Waals surface area contributed by atoms with Gasteiger partial charge in [0.2, 0.25) is 0 Å². The van der Waals surface area contributed by atoms with Crippen molar-refractivity contribution >= 4 is 17.6 Å². The van der Waals surface area contributed by atoms with Gasteiger partial charge in [0.05, 0.1) is 24.5 Å². The third-order valence-electron chi connectivity index (χ3n) is 5.22. The number of imidazole rings is 1. The number of pyridine rings is 1. The number of aryl methyl sites for hydroxylation is 1. The van der Waals surface area contributed by atoms with Crippen LogP contribution in [0.25, 0.3) is 5.65 Å². The highest BCUT2D eigenvalue weighted by Crippen LogP contribution is 2.15. The summed E-state index contributed by atoms with van der Waals surface area (Å²) in [5.41, 5.74) is 2.37. The van der Waals surface area contributed by atoms with Crippen LogP contribution in [0.4, 0.5) is 4.79 Å². The summed E-state index contributed by atoms with van der Waals surface area (Å²) in [5.74, 6) is -0.0822. The van der Waals surface area contributed by atoms with Gasteiger partial charge in [-0.1, -0.05) is 0 Å². The Balaban J connectivity index is 1.31. The summed E-state index contributed by atoms with van der Waals surface area (Å²) >= 11 is 0. The fraction of sp³-hybridized carbons (Fsp3) is 0.526. The van der Waals surface area contributed by atoms with Gasteiger partial charge in [0.15, 0.2) is 0 Å². The lowest BCUT2D eigenvalue weighted by atomic mass is 10.0. The summed E-state index contributed by atoms with van der Waals surface area (Å²) in [7, 11) is 0. The number of morpholine rings is 1. The molecule has 27 heavy (non-hydrogen) atoms. The number of carbonyl (C=O) groups excluding carboxylic acids is 2. The number of nitrogens with zero attached hydrogens (tertiary/aromatic N) is 4. The van der Waals surface area contributed by atoms with Gasteiger partial charge in [0.1, 0.15) is 5.65 Å². The van der Waals surface area contributed by atoms with Crippen LogP contribution >= 0.6 is 0 Å². The zero-order valence-corrected chi connectivity index (χ0v) is 15.6. The first-order valence-corrected chi connectivity index (χ1v) is 9.48. The predicted octanol–water partition coefficient (Wildman–Crippen LogP) is 1.29. The van der Waals surface area contributed by atoms with Crippen molar-refractivity contribution in [3.05, 3.63) is 35.8 Å². The number of hydrogen-bond donors (Lipinski definition) is 1. The molecular formula is C19H25N5O3. The summed E-state index contributed by atoms with van der Waals surface area (Å²) in [6, 6.07) is 3.83. The molecule has 2 saturated heterocycles. The molecule has 2 fully saturated rings. The summed E-state index contributed by atoms with van der Waals surface area (Å²) in [4.78, 5) is 33.2. The van der Waals surface area contributed by atoms with Crippen LogP contribution in [0, 0.1) is 6.92 Å². The topological polar surface area (TPSA) is 79.2 Å². The number of fused-ring (bicyclic) bond motifs is 1. The molecule has 2 aliphatic rings. The van der Waals surface area contributed by atoms with E-state index in [9.17, 15) is 9.59 Å². The number of nitrogens with one attached hydrogen (secondary N) is 1. The Kier molecular flexibility index (Phi) is 4.98. The normalized spacial score (nSPS) is 18.7. The highest BCUT2D eigenvalue weighted by atomic mass is 16.5. The van der Waals surface area contributed by atoms with E-state index in [1.165, 1.54) is 0 Å². The number of amides is 3. The van der Waals surface area contributed by atoms with Crippen molar-refractivity contribution in [1.29, 1.82) is 0 Å². The Morgan fingerprint density at radius 3 is 2.52 bits per heavy atom. The molecule has 0 aromatic carbocycles. The van der Waals surface area contributed by atoms with Gasteiger partial charge < -0.3 is 24.3 Å². The predicted molar refractivity (Wildman–Crippen MR) is 99.8 cm³/mol. The number of piperidine rings is 1. The van der Waals surface area contributed by atoms with Crippen molar-refractivity contribution in [1.82, 2.24) is 24.5 Å². The van der Waals surface area contributed by atoms with E-state index in [-0.39, 0.29) is 18.0 Å². The first-order valence-electron chi connectivity index (χ1n) is 9.48. The molecule has 8 nitrogen and oxygen atoms in total. The maximum Gasteiger partial charge on any atom is 0.320 e. The summed E-state index contributed by atoms with van der Waals surface area (Å²) in [5, 5.41) is 3.10. The van der Waals surface area contributed by atoms with Crippen molar-refractivity contribution in [3.63, 3.8) is 0 Å². The maximum absolute atomic E-state index is 12.6. The summed E-state index contributed by atoms with van der Waals surface area (Å²) in [6.07, 6.45) is 5.26. The molecule has 1 N–H and O–H groups in total. The molecular weight excluding hydrogens is 346 g/mol.